The van der Waals surface area contributed by atoms with E-state index in [0.717, 1.165) is 24.2 Å². The molecule has 2 aromatic heterocycles. The zero-order chi connectivity index (χ0) is 13.8. The Morgan fingerprint density at radius 2 is 2.26 bits per heavy atom. The Morgan fingerprint density at radius 3 is 2.89 bits per heavy atom. The highest BCUT2D eigenvalue weighted by Gasteiger charge is 2.14. The molecule has 0 saturated heterocycles. The number of hydrogen-bond acceptors (Lipinski definition) is 3. The van der Waals surface area contributed by atoms with Gasteiger partial charge in [0.2, 0.25) is 0 Å². The minimum absolute atomic E-state index is 0.201. The Morgan fingerprint density at radius 1 is 1.47 bits per heavy atom. The molecule has 0 aliphatic carbocycles. The van der Waals surface area contributed by atoms with Gasteiger partial charge in [0.1, 0.15) is 0 Å². The standard InChI is InChI=1S/C13H19N5O/c1-4-5-8(2)11-6-12(18-17-11)15-13(19)10-7-14-16-9(10)3/h6-8H,4-5H2,1-3H3,(H,14,16)(H2,15,17,18,19)/t8-/m1/s1. The number of anilines is 1. The maximum absolute atomic E-state index is 12.0. The van der Waals surface area contributed by atoms with Crippen molar-refractivity contribution in [3.05, 3.63) is 29.2 Å². The lowest BCUT2D eigenvalue weighted by atomic mass is 10.0. The van der Waals surface area contributed by atoms with Gasteiger partial charge >= 0.3 is 0 Å². The number of nitrogens with one attached hydrogen (secondary N) is 3. The number of carbonyl (C=O) groups is 1. The van der Waals surface area contributed by atoms with Crippen LogP contribution >= 0.6 is 0 Å². The van der Waals surface area contributed by atoms with Crippen LogP contribution in [0.2, 0.25) is 0 Å². The highest BCUT2D eigenvalue weighted by Crippen LogP contribution is 2.20. The Bertz CT molecular complexity index is 557. The van der Waals surface area contributed by atoms with Gasteiger partial charge in [0, 0.05) is 17.5 Å². The summed E-state index contributed by atoms with van der Waals surface area (Å²) >= 11 is 0. The Balaban J connectivity index is 2.04. The first kappa shape index (κ1) is 13.3. The van der Waals surface area contributed by atoms with Crippen molar-refractivity contribution < 1.29 is 4.79 Å². The SMILES string of the molecule is CCC[C@@H](C)c1cc(NC(=O)c2cn[nH]c2C)n[nH]1. The van der Waals surface area contributed by atoms with Crippen LogP contribution in [0.5, 0.6) is 0 Å². The van der Waals surface area contributed by atoms with Crippen molar-refractivity contribution in [3.63, 3.8) is 0 Å². The van der Waals surface area contributed by atoms with Gasteiger partial charge in [-0.05, 0) is 19.3 Å². The summed E-state index contributed by atoms with van der Waals surface area (Å²) in [6.45, 7) is 6.10. The molecule has 0 spiro atoms. The summed E-state index contributed by atoms with van der Waals surface area (Å²) in [5, 5.41) is 16.4. The average molecular weight is 261 g/mol. The third-order valence-electron chi connectivity index (χ3n) is 3.17. The molecule has 0 saturated carbocycles. The van der Waals surface area contributed by atoms with Crippen LogP contribution in [0.15, 0.2) is 12.3 Å². The molecule has 2 aromatic rings. The number of rotatable bonds is 5. The van der Waals surface area contributed by atoms with Crippen LogP contribution in [0, 0.1) is 6.92 Å². The van der Waals surface area contributed by atoms with Gasteiger partial charge in [-0.1, -0.05) is 20.3 Å². The number of aromatic nitrogens is 4. The lowest BCUT2D eigenvalue weighted by Crippen LogP contribution is -2.12. The van der Waals surface area contributed by atoms with Crippen molar-refractivity contribution in [2.45, 2.75) is 39.5 Å². The molecule has 3 N–H and O–H groups in total. The second kappa shape index (κ2) is 5.69. The van der Waals surface area contributed by atoms with Crippen LogP contribution in [0.1, 0.15) is 54.4 Å². The minimum Gasteiger partial charge on any atom is -0.305 e. The first-order valence-electron chi connectivity index (χ1n) is 6.48. The van der Waals surface area contributed by atoms with Gasteiger partial charge in [-0.15, -0.1) is 0 Å². The normalized spacial score (nSPS) is 12.4. The molecule has 2 heterocycles. The van der Waals surface area contributed by atoms with Gasteiger partial charge in [0.05, 0.1) is 11.8 Å². The van der Waals surface area contributed by atoms with Gasteiger partial charge < -0.3 is 5.32 Å². The quantitative estimate of drug-likeness (QED) is 0.773. The second-order valence-electron chi connectivity index (χ2n) is 4.76. The lowest BCUT2D eigenvalue weighted by Gasteiger charge is -2.05. The number of amides is 1. The van der Waals surface area contributed by atoms with Crippen LogP contribution in [-0.2, 0) is 0 Å². The summed E-state index contributed by atoms with van der Waals surface area (Å²) in [6.07, 6.45) is 3.73. The van der Waals surface area contributed by atoms with Crippen LogP contribution < -0.4 is 5.32 Å². The van der Waals surface area contributed by atoms with E-state index in [1.165, 1.54) is 6.20 Å². The van der Waals surface area contributed by atoms with Crippen molar-refractivity contribution in [1.29, 1.82) is 0 Å². The smallest absolute Gasteiger partial charge is 0.260 e. The maximum atomic E-state index is 12.0. The molecule has 0 radical (unpaired) electrons. The molecule has 0 aromatic carbocycles. The van der Waals surface area contributed by atoms with E-state index in [-0.39, 0.29) is 5.91 Å². The van der Waals surface area contributed by atoms with Crippen LogP contribution in [0.3, 0.4) is 0 Å². The van der Waals surface area contributed by atoms with Gasteiger partial charge in [0.15, 0.2) is 5.82 Å². The molecule has 0 fully saturated rings. The summed E-state index contributed by atoms with van der Waals surface area (Å²) in [5.74, 6) is 0.759. The van der Waals surface area contributed by atoms with Crippen molar-refractivity contribution in [1.82, 2.24) is 20.4 Å². The van der Waals surface area contributed by atoms with Crippen molar-refractivity contribution in [2.24, 2.45) is 0 Å². The summed E-state index contributed by atoms with van der Waals surface area (Å²) < 4.78 is 0. The second-order valence-corrected chi connectivity index (χ2v) is 4.76. The largest absolute Gasteiger partial charge is 0.305 e. The summed E-state index contributed by atoms with van der Waals surface area (Å²) in [7, 11) is 0. The van der Waals surface area contributed by atoms with Crippen LogP contribution in [0.25, 0.3) is 0 Å². The van der Waals surface area contributed by atoms with Gasteiger partial charge in [-0.25, -0.2) is 0 Å². The van der Waals surface area contributed by atoms with Gasteiger partial charge in [0.25, 0.3) is 5.91 Å². The fourth-order valence-electron chi connectivity index (χ4n) is 2.00. The number of aromatic amines is 2. The third kappa shape index (κ3) is 3.01. The molecule has 1 atom stereocenters. The zero-order valence-corrected chi connectivity index (χ0v) is 11.4. The number of aryl methyl sites for hydroxylation is 1. The highest BCUT2D eigenvalue weighted by atomic mass is 16.1. The lowest BCUT2D eigenvalue weighted by molar-refractivity contribution is 0.102. The summed E-state index contributed by atoms with van der Waals surface area (Å²) in [4.78, 5) is 12.0. The minimum atomic E-state index is -0.201. The van der Waals surface area contributed by atoms with Crippen LogP contribution in [0.4, 0.5) is 5.82 Å². The predicted molar refractivity (Wildman–Crippen MR) is 73.2 cm³/mol. The molecule has 102 valence electrons. The molecule has 6 nitrogen and oxygen atoms in total. The molecule has 1 amide bonds. The van der Waals surface area contributed by atoms with Crippen molar-refractivity contribution in [2.75, 3.05) is 5.32 Å². The Labute approximate surface area is 112 Å². The Hall–Kier alpha value is -2.11. The maximum Gasteiger partial charge on any atom is 0.260 e. The molecule has 0 unspecified atom stereocenters. The molecule has 0 bridgehead atoms. The van der Waals surface area contributed by atoms with Gasteiger partial charge in [-0.3, -0.25) is 15.0 Å². The Kier molecular flexibility index (Phi) is 3.99. The average Bonchev–Trinajstić information content (AvgIpc) is 2.98. The monoisotopic (exact) mass is 261 g/mol. The van der Waals surface area contributed by atoms with E-state index in [1.807, 2.05) is 6.07 Å². The molecular formula is C13H19N5O. The van der Waals surface area contributed by atoms with Gasteiger partial charge in [-0.2, -0.15) is 10.2 Å². The summed E-state index contributed by atoms with van der Waals surface area (Å²) in [5.41, 5.74) is 2.32. The highest BCUT2D eigenvalue weighted by molar-refractivity contribution is 6.04. The first-order valence-corrected chi connectivity index (χ1v) is 6.48. The van der Waals surface area contributed by atoms with Crippen molar-refractivity contribution >= 4 is 11.7 Å². The van der Waals surface area contributed by atoms with E-state index < -0.39 is 0 Å². The first-order chi connectivity index (χ1) is 9.11. The van der Waals surface area contributed by atoms with E-state index in [1.54, 1.807) is 6.92 Å². The van der Waals surface area contributed by atoms with E-state index in [2.05, 4.69) is 39.6 Å². The molecular weight excluding hydrogens is 242 g/mol. The molecule has 6 heteroatoms. The van der Waals surface area contributed by atoms with E-state index >= 15 is 0 Å². The topological polar surface area (TPSA) is 86.5 Å². The van der Waals surface area contributed by atoms with E-state index in [9.17, 15) is 4.79 Å². The van der Waals surface area contributed by atoms with E-state index in [4.69, 9.17) is 0 Å². The van der Waals surface area contributed by atoms with E-state index in [0.29, 0.717) is 17.3 Å². The predicted octanol–water partition coefficient (Wildman–Crippen LogP) is 2.60. The molecule has 0 aliphatic rings. The van der Waals surface area contributed by atoms with Crippen LogP contribution in [-0.4, -0.2) is 26.3 Å². The fraction of sp³-hybridized carbons (Fsp3) is 0.462. The number of hydrogen-bond donors (Lipinski definition) is 3. The number of carbonyl (C=O) groups excluding carboxylic acids is 1. The fourth-order valence-corrected chi connectivity index (χ4v) is 2.00. The molecule has 0 aliphatic heterocycles. The summed E-state index contributed by atoms with van der Waals surface area (Å²) in [6, 6.07) is 1.88. The third-order valence-corrected chi connectivity index (χ3v) is 3.17. The zero-order valence-electron chi connectivity index (χ0n) is 11.4. The molecule has 19 heavy (non-hydrogen) atoms. The van der Waals surface area contributed by atoms with Crippen molar-refractivity contribution in [3.8, 4) is 0 Å². The number of nitrogens with zero attached hydrogens (tertiary/aromatic N) is 2. The number of H-pyrrole nitrogens is 2. The molecule has 2 rings (SSSR count).